The van der Waals surface area contributed by atoms with Crippen molar-refractivity contribution in [1.82, 2.24) is 5.32 Å². The first kappa shape index (κ1) is 13.5. The van der Waals surface area contributed by atoms with Crippen molar-refractivity contribution in [3.63, 3.8) is 0 Å². The summed E-state index contributed by atoms with van der Waals surface area (Å²) in [5.74, 6) is -0.982. The number of carbonyl (C=O) groups is 2. The lowest BCUT2D eigenvalue weighted by Gasteiger charge is -2.09. The Kier molecular flexibility index (Phi) is 4.69. The minimum absolute atomic E-state index is 0.201. The number of nitrogens with one attached hydrogen (secondary N) is 2. The summed E-state index contributed by atoms with van der Waals surface area (Å²) < 4.78 is 5.03. The van der Waals surface area contributed by atoms with Crippen LogP contribution in [0.3, 0.4) is 0 Å². The molecule has 18 heavy (non-hydrogen) atoms. The van der Waals surface area contributed by atoms with Crippen LogP contribution in [-0.2, 0) is 9.59 Å². The summed E-state index contributed by atoms with van der Waals surface area (Å²) in [5.41, 5.74) is 1.30. The molecular formula is C12H13N3O3. The van der Waals surface area contributed by atoms with Crippen LogP contribution < -0.4 is 15.4 Å². The van der Waals surface area contributed by atoms with E-state index in [9.17, 15) is 9.59 Å². The molecule has 0 aliphatic rings. The number of hydrogen-bond acceptors (Lipinski definition) is 4. The second-order valence-corrected chi connectivity index (χ2v) is 3.48. The summed E-state index contributed by atoms with van der Waals surface area (Å²) in [7, 11) is 1.54. The van der Waals surface area contributed by atoms with Crippen LogP contribution in [0.1, 0.15) is 5.56 Å². The molecule has 1 aromatic carbocycles. The Morgan fingerprint density at radius 2 is 2.11 bits per heavy atom. The van der Waals surface area contributed by atoms with Crippen LogP contribution in [0.4, 0.5) is 5.69 Å². The molecule has 0 fully saturated rings. The van der Waals surface area contributed by atoms with Gasteiger partial charge >= 0.3 is 11.8 Å². The molecule has 0 aromatic heterocycles. The Morgan fingerprint density at radius 3 is 2.67 bits per heavy atom. The van der Waals surface area contributed by atoms with Crippen LogP contribution in [0.25, 0.3) is 0 Å². The van der Waals surface area contributed by atoms with Gasteiger partial charge < -0.3 is 15.4 Å². The van der Waals surface area contributed by atoms with Crippen molar-refractivity contribution in [2.75, 3.05) is 19.0 Å². The minimum atomic E-state index is -0.841. The topological polar surface area (TPSA) is 91.2 Å². The van der Waals surface area contributed by atoms with Crippen LogP contribution in [0.5, 0.6) is 5.75 Å². The SMILES string of the molecule is COc1ccc(NC(=O)C(=O)NCC#N)c(C)c1. The number of aryl methyl sites for hydroxylation is 1. The fourth-order valence-electron chi connectivity index (χ4n) is 1.28. The summed E-state index contributed by atoms with van der Waals surface area (Å²) in [6.07, 6.45) is 0. The second kappa shape index (κ2) is 6.25. The van der Waals surface area contributed by atoms with Crippen molar-refractivity contribution in [3.05, 3.63) is 23.8 Å². The monoisotopic (exact) mass is 247 g/mol. The van der Waals surface area contributed by atoms with Gasteiger partial charge in [-0.25, -0.2) is 0 Å². The third-order valence-electron chi connectivity index (χ3n) is 2.22. The zero-order valence-corrected chi connectivity index (χ0v) is 10.1. The zero-order chi connectivity index (χ0) is 13.5. The average Bonchev–Trinajstić information content (AvgIpc) is 2.38. The maximum Gasteiger partial charge on any atom is 0.313 e. The van der Waals surface area contributed by atoms with E-state index in [0.717, 1.165) is 5.56 Å². The predicted octanol–water partition coefficient (Wildman–Crippen LogP) is 0.582. The number of ether oxygens (including phenoxy) is 1. The molecule has 0 bridgehead atoms. The molecule has 6 heteroatoms. The summed E-state index contributed by atoms with van der Waals surface area (Å²) in [6, 6.07) is 6.77. The number of amides is 2. The molecule has 94 valence electrons. The molecule has 2 N–H and O–H groups in total. The number of methoxy groups -OCH3 is 1. The van der Waals surface area contributed by atoms with E-state index in [1.807, 2.05) is 0 Å². The molecule has 0 atom stereocenters. The van der Waals surface area contributed by atoms with E-state index >= 15 is 0 Å². The number of rotatable bonds is 3. The Hall–Kier alpha value is -2.55. The van der Waals surface area contributed by atoms with Crippen molar-refractivity contribution in [3.8, 4) is 11.8 Å². The fraction of sp³-hybridized carbons (Fsp3) is 0.250. The molecule has 1 rings (SSSR count). The molecule has 6 nitrogen and oxygen atoms in total. The lowest BCUT2D eigenvalue weighted by Crippen LogP contribution is -2.35. The van der Waals surface area contributed by atoms with E-state index in [-0.39, 0.29) is 6.54 Å². The molecule has 0 aliphatic heterocycles. The maximum atomic E-state index is 11.5. The van der Waals surface area contributed by atoms with Crippen LogP contribution in [0.2, 0.25) is 0 Å². The third-order valence-corrected chi connectivity index (χ3v) is 2.22. The fourth-order valence-corrected chi connectivity index (χ4v) is 1.28. The molecule has 0 heterocycles. The quantitative estimate of drug-likeness (QED) is 0.603. The van der Waals surface area contributed by atoms with Gasteiger partial charge in [0.25, 0.3) is 0 Å². The molecule has 0 aliphatic carbocycles. The highest BCUT2D eigenvalue weighted by Gasteiger charge is 2.13. The Bertz CT molecular complexity index is 506. The Labute approximate surface area is 105 Å². The number of nitriles is 1. The lowest BCUT2D eigenvalue weighted by molar-refractivity contribution is -0.136. The highest BCUT2D eigenvalue weighted by molar-refractivity contribution is 6.39. The van der Waals surface area contributed by atoms with E-state index in [0.29, 0.717) is 11.4 Å². The van der Waals surface area contributed by atoms with Crippen molar-refractivity contribution in [2.24, 2.45) is 0 Å². The first-order chi connectivity index (χ1) is 8.58. The van der Waals surface area contributed by atoms with Crippen LogP contribution in [-0.4, -0.2) is 25.5 Å². The second-order valence-electron chi connectivity index (χ2n) is 3.48. The number of anilines is 1. The van der Waals surface area contributed by atoms with Crippen LogP contribution >= 0.6 is 0 Å². The summed E-state index contributed by atoms with van der Waals surface area (Å²) in [4.78, 5) is 22.7. The molecule has 0 saturated heterocycles. The first-order valence-electron chi connectivity index (χ1n) is 5.19. The van der Waals surface area contributed by atoms with Gasteiger partial charge in [0.1, 0.15) is 12.3 Å². The van der Waals surface area contributed by atoms with Crippen molar-refractivity contribution < 1.29 is 14.3 Å². The predicted molar refractivity (Wildman–Crippen MR) is 65.0 cm³/mol. The van der Waals surface area contributed by atoms with Crippen molar-refractivity contribution in [2.45, 2.75) is 6.92 Å². The van der Waals surface area contributed by atoms with E-state index in [2.05, 4.69) is 10.6 Å². The summed E-state index contributed by atoms with van der Waals surface area (Å²) >= 11 is 0. The summed E-state index contributed by atoms with van der Waals surface area (Å²) in [6.45, 7) is 1.58. The number of hydrogen-bond donors (Lipinski definition) is 2. The van der Waals surface area contributed by atoms with Crippen molar-refractivity contribution >= 4 is 17.5 Å². The van der Waals surface area contributed by atoms with Gasteiger partial charge in [0.15, 0.2) is 0 Å². The average molecular weight is 247 g/mol. The zero-order valence-electron chi connectivity index (χ0n) is 10.1. The van der Waals surface area contributed by atoms with Crippen LogP contribution in [0, 0.1) is 18.3 Å². The van der Waals surface area contributed by atoms with Crippen LogP contribution in [0.15, 0.2) is 18.2 Å². The molecule has 0 radical (unpaired) electrons. The number of carbonyl (C=O) groups excluding carboxylic acids is 2. The van der Waals surface area contributed by atoms with E-state index in [1.165, 1.54) is 0 Å². The Morgan fingerprint density at radius 1 is 1.39 bits per heavy atom. The molecule has 2 amide bonds. The maximum absolute atomic E-state index is 11.5. The van der Waals surface area contributed by atoms with E-state index < -0.39 is 11.8 Å². The lowest BCUT2D eigenvalue weighted by atomic mass is 10.2. The molecule has 1 aromatic rings. The van der Waals surface area contributed by atoms with Gasteiger partial charge in [0, 0.05) is 5.69 Å². The molecular weight excluding hydrogens is 234 g/mol. The standard InChI is InChI=1S/C12H13N3O3/c1-8-7-9(18-2)3-4-10(8)15-12(17)11(16)14-6-5-13/h3-4,7H,6H2,1-2H3,(H,14,16)(H,15,17). The number of benzene rings is 1. The van der Waals surface area contributed by atoms with Gasteiger partial charge in [-0.05, 0) is 30.7 Å². The molecule has 0 unspecified atom stereocenters. The van der Waals surface area contributed by atoms with Gasteiger partial charge in [-0.3, -0.25) is 9.59 Å². The smallest absolute Gasteiger partial charge is 0.313 e. The highest BCUT2D eigenvalue weighted by atomic mass is 16.5. The van der Waals surface area contributed by atoms with Gasteiger partial charge in [0.2, 0.25) is 0 Å². The first-order valence-corrected chi connectivity index (χ1v) is 5.19. The van der Waals surface area contributed by atoms with Gasteiger partial charge in [-0.15, -0.1) is 0 Å². The largest absolute Gasteiger partial charge is 0.497 e. The molecule has 0 spiro atoms. The van der Waals surface area contributed by atoms with Gasteiger partial charge in [-0.1, -0.05) is 0 Å². The van der Waals surface area contributed by atoms with E-state index in [1.54, 1.807) is 38.3 Å². The molecule has 0 saturated carbocycles. The van der Waals surface area contributed by atoms with E-state index in [4.69, 9.17) is 10.00 Å². The number of nitrogens with zero attached hydrogens (tertiary/aromatic N) is 1. The third kappa shape index (κ3) is 3.49. The van der Waals surface area contributed by atoms with Gasteiger partial charge in [0.05, 0.1) is 13.2 Å². The van der Waals surface area contributed by atoms with Crippen molar-refractivity contribution in [1.29, 1.82) is 5.26 Å². The van der Waals surface area contributed by atoms with Gasteiger partial charge in [-0.2, -0.15) is 5.26 Å². The highest BCUT2D eigenvalue weighted by Crippen LogP contribution is 2.20. The normalized spacial score (nSPS) is 9.17. The summed E-state index contributed by atoms with van der Waals surface area (Å²) in [5, 5.41) is 12.9. The Balaban J connectivity index is 2.70. The minimum Gasteiger partial charge on any atom is -0.497 e.